The van der Waals surface area contributed by atoms with Gasteiger partial charge in [-0.25, -0.2) is 0 Å². The molecule has 0 bridgehead atoms. The summed E-state index contributed by atoms with van der Waals surface area (Å²) in [6.07, 6.45) is 3.23. The molecule has 0 unspecified atom stereocenters. The first-order valence-electron chi connectivity index (χ1n) is 7.24. The van der Waals surface area contributed by atoms with Crippen molar-refractivity contribution in [3.63, 3.8) is 0 Å². The van der Waals surface area contributed by atoms with Gasteiger partial charge in [0.25, 0.3) is 0 Å². The molecule has 0 spiro atoms. The van der Waals surface area contributed by atoms with Crippen molar-refractivity contribution >= 4 is 11.4 Å². The molecule has 0 aliphatic carbocycles. The van der Waals surface area contributed by atoms with Gasteiger partial charge in [-0.05, 0) is 54.2 Å². The number of nitrogens with one attached hydrogen (secondary N) is 1. The number of hydrogen-bond donors (Lipinski definition) is 1. The lowest BCUT2D eigenvalue weighted by molar-refractivity contribution is 1.09. The summed E-state index contributed by atoms with van der Waals surface area (Å²) in [5.41, 5.74) is 6.57. The minimum absolute atomic E-state index is 1.06. The van der Waals surface area contributed by atoms with Gasteiger partial charge in [0.1, 0.15) is 0 Å². The number of hydrogen-bond acceptors (Lipinski definition) is 1. The third-order valence-electron chi connectivity index (χ3n) is 3.57. The van der Waals surface area contributed by atoms with Crippen molar-refractivity contribution in [2.75, 3.05) is 5.32 Å². The third kappa shape index (κ3) is 3.37. The summed E-state index contributed by atoms with van der Waals surface area (Å²) in [5, 5.41) is 3.55. The molecule has 0 radical (unpaired) electrons. The molecule has 19 heavy (non-hydrogen) atoms. The fraction of sp³-hybridized carbons (Fsp3) is 0.333. The topological polar surface area (TPSA) is 12.0 Å². The van der Waals surface area contributed by atoms with E-state index in [1.165, 1.54) is 28.1 Å². The summed E-state index contributed by atoms with van der Waals surface area (Å²) in [6, 6.07) is 15.4. The number of benzene rings is 2. The molecular formula is C18H23N. The molecule has 0 saturated carbocycles. The quantitative estimate of drug-likeness (QED) is 0.780. The molecule has 1 nitrogen and oxygen atoms in total. The van der Waals surface area contributed by atoms with Gasteiger partial charge >= 0.3 is 0 Å². The predicted octanol–water partition coefficient (Wildman–Crippen LogP) is 5.12. The molecule has 0 amide bonds. The Balaban J connectivity index is 2.26. The number of aryl methyl sites for hydroxylation is 3. The van der Waals surface area contributed by atoms with Gasteiger partial charge < -0.3 is 5.32 Å². The maximum absolute atomic E-state index is 3.55. The van der Waals surface area contributed by atoms with Crippen molar-refractivity contribution in [2.45, 2.75) is 40.0 Å². The van der Waals surface area contributed by atoms with Crippen LogP contribution >= 0.6 is 0 Å². The highest BCUT2D eigenvalue weighted by Gasteiger charge is 2.03. The minimum atomic E-state index is 1.06. The van der Waals surface area contributed by atoms with Gasteiger partial charge in [-0.15, -0.1) is 0 Å². The first kappa shape index (κ1) is 13.7. The first-order chi connectivity index (χ1) is 9.26. The summed E-state index contributed by atoms with van der Waals surface area (Å²) in [4.78, 5) is 0. The van der Waals surface area contributed by atoms with Crippen LogP contribution in [-0.4, -0.2) is 0 Å². The van der Waals surface area contributed by atoms with Crippen molar-refractivity contribution in [1.29, 1.82) is 0 Å². The SMILES string of the molecule is CCc1cccc(Nc2ccc(CC)cc2CC)c1. The van der Waals surface area contributed by atoms with E-state index in [-0.39, 0.29) is 0 Å². The zero-order valence-electron chi connectivity index (χ0n) is 12.2. The molecule has 0 saturated heterocycles. The van der Waals surface area contributed by atoms with E-state index in [1.54, 1.807) is 0 Å². The van der Waals surface area contributed by atoms with E-state index in [0.717, 1.165) is 19.3 Å². The Morgan fingerprint density at radius 3 is 2.21 bits per heavy atom. The van der Waals surface area contributed by atoms with Gasteiger partial charge in [-0.2, -0.15) is 0 Å². The second kappa shape index (κ2) is 6.42. The molecular weight excluding hydrogens is 230 g/mol. The normalized spacial score (nSPS) is 10.5. The molecule has 1 heteroatoms. The summed E-state index contributed by atoms with van der Waals surface area (Å²) in [5.74, 6) is 0. The Bertz CT molecular complexity index is 543. The van der Waals surface area contributed by atoms with Crippen LogP contribution in [0.15, 0.2) is 42.5 Å². The van der Waals surface area contributed by atoms with Crippen LogP contribution in [0.3, 0.4) is 0 Å². The standard InChI is InChI=1S/C18H23N/c1-4-14-8-7-9-17(13-14)19-18-11-10-15(5-2)12-16(18)6-3/h7-13,19H,4-6H2,1-3H3. The lowest BCUT2D eigenvalue weighted by Crippen LogP contribution is -1.97. The fourth-order valence-corrected chi connectivity index (χ4v) is 2.31. The van der Waals surface area contributed by atoms with Crippen LogP contribution in [0.5, 0.6) is 0 Å². The average molecular weight is 253 g/mol. The first-order valence-corrected chi connectivity index (χ1v) is 7.24. The van der Waals surface area contributed by atoms with Crippen LogP contribution in [0, 0.1) is 0 Å². The van der Waals surface area contributed by atoms with E-state index < -0.39 is 0 Å². The second-order valence-corrected chi connectivity index (χ2v) is 4.88. The second-order valence-electron chi connectivity index (χ2n) is 4.88. The Kier molecular flexibility index (Phi) is 4.62. The van der Waals surface area contributed by atoms with E-state index in [0.29, 0.717) is 0 Å². The van der Waals surface area contributed by atoms with Crippen LogP contribution in [-0.2, 0) is 19.3 Å². The molecule has 0 atom stereocenters. The van der Waals surface area contributed by atoms with Crippen molar-refractivity contribution in [1.82, 2.24) is 0 Å². The van der Waals surface area contributed by atoms with Crippen LogP contribution in [0.4, 0.5) is 11.4 Å². The predicted molar refractivity (Wildman–Crippen MR) is 84.3 cm³/mol. The molecule has 2 rings (SSSR count). The van der Waals surface area contributed by atoms with E-state index in [2.05, 4.69) is 68.6 Å². The zero-order chi connectivity index (χ0) is 13.7. The monoisotopic (exact) mass is 253 g/mol. The highest BCUT2D eigenvalue weighted by molar-refractivity contribution is 5.64. The lowest BCUT2D eigenvalue weighted by Gasteiger charge is -2.13. The van der Waals surface area contributed by atoms with Crippen molar-refractivity contribution in [3.05, 3.63) is 59.2 Å². The third-order valence-corrected chi connectivity index (χ3v) is 3.57. The summed E-state index contributed by atoms with van der Waals surface area (Å²) >= 11 is 0. The van der Waals surface area contributed by atoms with Crippen molar-refractivity contribution in [3.8, 4) is 0 Å². The number of anilines is 2. The van der Waals surface area contributed by atoms with E-state index in [4.69, 9.17) is 0 Å². The summed E-state index contributed by atoms with van der Waals surface area (Å²) in [6.45, 7) is 6.60. The summed E-state index contributed by atoms with van der Waals surface area (Å²) in [7, 11) is 0. The zero-order valence-corrected chi connectivity index (χ0v) is 12.2. The van der Waals surface area contributed by atoms with E-state index in [1.807, 2.05) is 0 Å². The lowest BCUT2D eigenvalue weighted by atomic mass is 10.0. The van der Waals surface area contributed by atoms with Gasteiger partial charge in [0.15, 0.2) is 0 Å². The van der Waals surface area contributed by atoms with Crippen molar-refractivity contribution in [2.24, 2.45) is 0 Å². The molecule has 0 aliphatic rings. The Hall–Kier alpha value is -1.76. The van der Waals surface area contributed by atoms with Gasteiger partial charge in [-0.1, -0.05) is 45.0 Å². The largest absolute Gasteiger partial charge is 0.355 e. The van der Waals surface area contributed by atoms with Crippen LogP contribution in [0.25, 0.3) is 0 Å². The molecule has 1 N–H and O–H groups in total. The van der Waals surface area contributed by atoms with E-state index in [9.17, 15) is 0 Å². The van der Waals surface area contributed by atoms with Gasteiger partial charge in [0, 0.05) is 11.4 Å². The molecule has 2 aromatic carbocycles. The van der Waals surface area contributed by atoms with E-state index >= 15 is 0 Å². The van der Waals surface area contributed by atoms with Gasteiger partial charge in [0.05, 0.1) is 0 Å². The molecule has 0 fully saturated rings. The fourth-order valence-electron chi connectivity index (χ4n) is 2.31. The molecule has 100 valence electrons. The average Bonchev–Trinajstić information content (AvgIpc) is 2.48. The van der Waals surface area contributed by atoms with Gasteiger partial charge in [-0.3, -0.25) is 0 Å². The molecule has 0 aliphatic heterocycles. The van der Waals surface area contributed by atoms with Crippen molar-refractivity contribution < 1.29 is 0 Å². The Labute approximate surface area is 116 Å². The summed E-state index contributed by atoms with van der Waals surface area (Å²) < 4.78 is 0. The molecule has 0 aromatic heterocycles. The van der Waals surface area contributed by atoms with Crippen LogP contribution in [0.1, 0.15) is 37.5 Å². The highest BCUT2D eigenvalue weighted by Crippen LogP contribution is 2.23. The smallest absolute Gasteiger partial charge is 0.0416 e. The molecule has 0 heterocycles. The van der Waals surface area contributed by atoms with Crippen LogP contribution < -0.4 is 5.32 Å². The van der Waals surface area contributed by atoms with Gasteiger partial charge in [0.2, 0.25) is 0 Å². The highest BCUT2D eigenvalue weighted by atomic mass is 14.9. The number of rotatable bonds is 5. The Morgan fingerprint density at radius 1 is 0.789 bits per heavy atom. The minimum Gasteiger partial charge on any atom is -0.355 e. The maximum atomic E-state index is 3.55. The molecule has 2 aromatic rings. The maximum Gasteiger partial charge on any atom is 0.0416 e. The van der Waals surface area contributed by atoms with Crippen LogP contribution in [0.2, 0.25) is 0 Å². The Morgan fingerprint density at radius 2 is 1.53 bits per heavy atom.